The molecular weight excluding hydrogens is 829 g/mol. The standard InChI is InChI=1S/C62H36N6/c1-3-19-37(20-4-1)55-61(65-59-45-29-13-9-25-41(45)39-23-7-11-27-43(39)57(59)63-55)67-49-33-17-15-31-47(49)53-51(67)35-36-52-54(53)48-32-16-18-34-50(48)68(52)62-56(38-21-5-2-6-22-38)64-58-44-28-12-8-24-40(44)42-26-10-14-30-46(42)60(58)66-62/h1-36H. The molecule has 15 aromatic rings. The van der Waals surface area contributed by atoms with E-state index in [1.54, 1.807) is 0 Å². The molecule has 68 heavy (non-hydrogen) atoms. The van der Waals surface area contributed by atoms with E-state index in [1.807, 2.05) is 0 Å². The SMILES string of the molecule is c1ccc(-c2nc3c4ccccc4c4ccccc4c3nc2-n2c3ccccc3c3c4c5ccccc5n(-c5nc6c7ccccc7c7ccccc7c6nc5-c5ccccc5)c4ccc32)cc1. The van der Waals surface area contributed by atoms with Crippen molar-refractivity contribution in [2.24, 2.45) is 0 Å². The average Bonchev–Trinajstić information content (AvgIpc) is 3.93. The molecule has 6 heteroatoms. The lowest BCUT2D eigenvalue weighted by molar-refractivity contribution is 1.08. The van der Waals surface area contributed by atoms with Crippen LogP contribution in [0.25, 0.3) is 143 Å². The lowest BCUT2D eigenvalue weighted by Crippen LogP contribution is -2.05. The summed E-state index contributed by atoms with van der Waals surface area (Å²) in [6.07, 6.45) is 0. The number of aromatic nitrogens is 6. The van der Waals surface area contributed by atoms with Crippen LogP contribution in [0.4, 0.5) is 0 Å². The molecule has 0 spiro atoms. The van der Waals surface area contributed by atoms with Crippen LogP contribution >= 0.6 is 0 Å². The Hall–Kier alpha value is -9.26. The summed E-state index contributed by atoms with van der Waals surface area (Å²) in [5.74, 6) is 1.56. The second-order valence-corrected chi connectivity index (χ2v) is 17.7. The first kappa shape index (κ1) is 37.0. The summed E-state index contributed by atoms with van der Waals surface area (Å²) >= 11 is 0. The van der Waals surface area contributed by atoms with Crippen molar-refractivity contribution in [1.29, 1.82) is 0 Å². The maximum atomic E-state index is 5.77. The molecular formula is C62H36N6. The molecule has 0 saturated heterocycles. The minimum atomic E-state index is 0.782. The normalized spacial score (nSPS) is 12.1. The van der Waals surface area contributed by atoms with Gasteiger partial charge in [-0.2, -0.15) is 0 Å². The first-order valence-electron chi connectivity index (χ1n) is 23.1. The van der Waals surface area contributed by atoms with E-state index < -0.39 is 0 Å². The van der Waals surface area contributed by atoms with Crippen LogP contribution in [0.3, 0.4) is 0 Å². The Morgan fingerprint density at radius 1 is 0.221 bits per heavy atom. The van der Waals surface area contributed by atoms with Gasteiger partial charge in [0.1, 0.15) is 11.4 Å². The molecule has 0 amide bonds. The third kappa shape index (κ3) is 5.11. The van der Waals surface area contributed by atoms with Crippen LogP contribution in [0.1, 0.15) is 0 Å². The Labute approximate surface area is 388 Å². The summed E-state index contributed by atoms with van der Waals surface area (Å²) < 4.78 is 4.69. The summed E-state index contributed by atoms with van der Waals surface area (Å²) in [5.41, 5.74) is 11.4. The highest BCUT2D eigenvalue weighted by molar-refractivity contribution is 6.30. The molecule has 0 aliphatic rings. The van der Waals surface area contributed by atoms with Gasteiger partial charge in [-0.25, -0.2) is 19.9 Å². The van der Waals surface area contributed by atoms with Crippen molar-refractivity contribution in [3.05, 3.63) is 218 Å². The average molecular weight is 865 g/mol. The van der Waals surface area contributed by atoms with Crippen LogP contribution in [0.5, 0.6) is 0 Å². The summed E-state index contributed by atoms with van der Waals surface area (Å²) in [5, 5.41) is 13.5. The van der Waals surface area contributed by atoms with Crippen molar-refractivity contribution >= 4 is 109 Å². The quantitative estimate of drug-likeness (QED) is 0.165. The molecule has 0 bridgehead atoms. The topological polar surface area (TPSA) is 61.4 Å². The molecule has 15 rings (SSSR count). The fraction of sp³-hybridized carbons (Fsp3) is 0. The van der Waals surface area contributed by atoms with Crippen molar-refractivity contribution in [1.82, 2.24) is 29.1 Å². The van der Waals surface area contributed by atoms with E-state index in [0.717, 1.165) is 132 Å². The number of fused-ring (bicyclic) bond motifs is 19. The molecule has 0 N–H and O–H groups in total. The van der Waals surface area contributed by atoms with Crippen molar-refractivity contribution < 1.29 is 0 Å². The summed E-state index contributed by atoms with van der Waals surface area (Å²) in [6.45, 7) is 0. The van der Waals surface area contributed by atoms with Gasteiger partial charge < -0.3 is 0 Å². The largest absolute Gasteiger partial charge is 0.292 e. The van der Waals surface area contributed by atoms with Crippen LogP contribution in [0.15, 0.2) is 218 Å². The van der Waals surface area contributed by atoms with E-state index >= 15 is 0 Å². The summed E-state index contributed by atoms with van der Waals surface area (Å²) in [4.78, 5) is 22.8. The van der Waals surface area contributed by atoms with E-state index in [9.17, 15) is 0 Å². The Bertz CT molecular complexity index is 4310. The Morgan fingerprint density at radius 3 is 0.853 bits per heavy atom. The second-order valence-electron chi connectivity index (χ2n) is 17.7. The van der Waals surface area contributed by atoms with Crippen molar-refractivity contribution in [2.75, 3.05) is 0 Å². The van der Waals surface area contributed by atoms with Gasteiger partial charge in [-0.1, -0.05) is 194 Å². The number of benzene rings is 11. The fourth-order valence-corrected chi connectivity index (χ4v) is 11.2. The first-order valence-corrected chi connectivity index (χ1v) is 23.1. The number of hydrogen-bond donors (Lipinski definition) is 0. The molecule has 6 nitrogen and oxygen atoms in total. The predicted octanol–water partition coefficient (Wildman–Crippen LogP) is 15.7. The maximum Gasteiger partial charge on any atom is 0.165 e. The third-order valence-corrected chi connectivity index (χ3v) is 14.1. The summed E-state index contributed by atoms with van der Waals surface area (Å²) in [6, 6.07) is 77.4. The van der Waals surface area contributed by atoms with Crippen LogP contribution in [-0.4, -0.2) is 29.1 Å². The van der Waals surface area contributed by atoms with E-state index in [0.29, 0.717) is 0 Å². The van der Waals surface area contributed by atoms with Crippen LogP contribution in [0, 0.1) is 0 Å². The van der Waals surface area contributed by atoms with Gasteiger partial charge in [0.25, 0.3) is 0 Å². The highest BCUT2D eigenvalue weighted by Gasteiger charge is 2.26. The zero-order chi connectivity index (χ0) is 44.5. The smallest absolute Gasteiger partial charge is 0.165 e. The van der Waals surface area contributed by atoms with Gasteiger partial charge >= 0.3 is 0 Å². The van der Waals surface area contributed by atoms with Crippen LogP contribution < -0.4 is 0 Å². The van der Waals surface area contributed by atoms with E-state index in [-0.39, 0.29) is 0 Å². The van der Waals surface area contributed by atoms with Gasteiger partial charge in [0.2, 0.25) is 0 Å². The van der Waals surface area contributed by atoms with Crippen LogP contribution in [-0.2, 0) is 0 Å². The highest BCUT2D eigenvalue weighted by atomic mass is 15.1. The first-order chi connectivity index (χ1) is 33.8. The summed E-state index contributed by atoms with van der Waals surface area (Å²) in [7, 11) is 0. The minimum absolute atomic E-state index is 0.782. The molecule has 0 fully saturated rings. The molecule has 4 heterocycles. The molecule has 314 valence electrons. The van der Waals surface area contributed by atoms with Gasteiger partial charge in [-0.15, -0.1) is 0 Å². The molecule has 0 unspecified atom stereocenters. The predicted molar refractivity (Wildman–Crippen MR) is 282 cm³/mol. The zero-order valence-electron chi connectivity index (χ0n) is 36.5. The number of nitrogens with zero attached hydrogens (tertiary/aromatic N) is 6. The number of rotatable bonds is 4. The van der Waals surface area contributed by atoms with Crippen molar-refractivity contribution in [2.45, 2.75) is 0 Å². The molecule has 0 aliphatic carbocycles. The molecule has 0 radical (unpaired) electrons. The molecule has 0 atom stereocenters. The lowest BCUT2D eigenvalue weighted by atomic mass is 9.99. The number of hydrogen-bond acceptors (Lipinski definition) is 4. The van der Waals surface area contributed by atoms with Gasteiger partial charge in [-0.3, -0.25) is 9.13 Å². The minimum Gasteiger partial charge on any atom is -0.292 e. The monoisotopic (exact) mass is 864 g/mol. The van der Waals surface area contributed by atoms with Gasteiger partial charge in [0.05, 0.1) is 44.1 Å². The van der Waals surface area contributed by atoms with Crippen LogP contribution in [0.2, 0.25) is 0 Å². The third-order valence-electron chi connectivity index (χ3n) is 14.1. The van der Waals surface area contributed by atoms with Gasteiger partial charge in [0.15, 0.2) is 11.6 Å². The fourth-order valence-electron chi connectivity index (χ4n) is 11.2. The van der Waals surface area contributed by atoms with E-state index in [4.69, 9.17) is 19.9 Å². The Morgan fingerprint density at radius 2 is 0.500 bits per heavy atom. The maximum absolute atomic E-state index is 5.77. The molecule has 0 aliphatic heterocycles. The highest BCUT2D eigenvalue weighted by Crippen LogP contribution is 2.46. The number of para-hydroxylation sites is 2. The molecule has 0 saturated carbocycles. The van der Waals surface area contributed by atoms with E-state index in [1.165, 1.54) is 10.8 Å². The Balaban J connectivity index is 1.09. The van der Waals surface area contributed by atoms with Crippen molar-refractivity contribution in [3.63, 3.8) is 0 Å². The Kier molecular flexibility index (Phi) is 7.69. The lowest BCUT2D eigenvalue weighted by Gasteiger charge is -2.17. The zero-order valence-corrected chi connectivity index (χ0v) is 36.5. The second kappa shape index (κ2) is 14.1. The van der Waals surface area contributed by atoms with Gasteiger partial charge in [-0.05, 0) is 45.8 Å². The van der Waals surface area contributed by atoms with Gasteiger partial charge in [0, 0.05) is 54.2 Å². The van der Waals surface area contributed by atoms with E-state index in [2.05, 4.69) is 228 Å². The molecule has 11 aromatic carbocycles. The molecule has 4 aromatic heterocycles. The van der Waals surface area contributed by atoms with Crippen molar-refractivity contribution in [3.8, 4) is 34.2 Å².